The van der Waals surface area contributed by atoms with Gasteiger partial charge in [-0.05, 0) is 31.2 Å². The van der Waals surface area contributed by atoms with Crippen LogP contribution in [0.4, 0.5) is 0 Å². The molecule has 0 amide bonds. The van der Waals surface area contributed by atoms with Crippen molar-refractivity contribution in [2.75, 3.05) is 6.54 Å². The van der Waals surface area contributed by atoms with Gasteiger partial charge >= 0.3 is 0 Å². The van der Waals surface area contributed by atoms with Crippen molar-refractivity contribution in [2.24, 2.45) is 12.8 Å². The molecule has 0 saturated carbocycles. The molecule has 0 spiro atoms. The molecule has 1 aromatic heterocycles. The lowest BCUT2D eigenvalue weighted by Crippen LogP contribution is -2.06. The maximum Gasteiger partial charge on any atom is 0.0491 e. The first-order valence-electron chi connectivity index (χ1n) is 4.67. The van der Waals surface area contributed by atoms with Gasteiger partial charge in [0.1, 0.15) is 0 Å². The van der Waals surface area contributed by atoms with Crippen molar-refractivity contribution >= 4 is 26.8 Å². The standard InChI is InChI=1S/C11H13BrN2/c1-14-8(5-6-13)7-9-10(12)3-2-4-11(9)14/h2-4,7H,5-6,13H2,1H3. The molecule has 0 saturated heterocycles. The molecule has 74 valence electrons. The molecule has 1 aromatic carbocycles. The predicted octanol–water partition coefficient (Wildman–Crippen LogP) is 2.44. The zero-order chi connectivity index (χ0) is 10.1. The van der Waals surface area contributed by atoms with E-state index >= 15 is 0 Å². The molecule has 1 heterocycles. The van der Waals surface area contributed by atoms with Crippen LogP contribution in [-0.2, 0) is 13.5 Å². The highest BCUT2D eigenvalue weighted by Gasteiger charge is 2.06. The lowest BCUT2D eigenvalue weighted by atomic mass is 10.2. The van der Waals surface area contributed by atoms with Gasteiger partial charge in [0.05, 0.1) is 0 Å². The normalized spacial score (nSPS) is 11.1. The third-order valence-electron chi connectivity index (χ3n) is 2.53. The van der Waals surface area contributed by atoms with Gasteiger partial charge < -0.3 is 10.3 Å². The zero-order valence-electron chi connectivity index (χ0n) is 8.13. The summed E-state index contributed by atoms with van der Waals surface area (Å²) in [6.07, 6.45) is 0.928. The van der Waals surface area contributed by atoms with Gasteiger partial charge in [0.25, 0.3) is 0 Å². The summed E-state index contributed by atoms with van der Waals surface area (Å²) in [6, 6.07) is 8.44. The summed E-state index contributed by atoms with van der Waals surface area (Å²) in [6.45, 7) is 0.696. The molecule has 0 aliphatic heterocycles. The summed E-state index contributed by atoms with van der Waals surface area (Å²) < 4.78 is 3.35. The molecule has 0 bridgehead atoms. The van der Waals surface area contributed by atoms with Crippen LogP contribution in [0.5, 0.6) is 0 Å². The molecule has 0 fully saturated rings. The van der Waals surface area contributed by atoms with Crippen molar-refractivity contribution < 1.29 is 0 Å². The van der Waals surface area contributed by atoms with Gasteiger partial charge in [-0.3, -0.25) is 0 Å². The summed E-state index contributed by atoms with van der Waals surface area (Å²) in [5.41, 5.74) is 8.10. The molecular formula is C11H13BrN2. The van der Waals surface area contributed by atoms with Crippen LogP contribution in [0.25, 0.3) is 10.9 Å². The van der Waals surface area contributed by atoms with Crippen LogP contribution < -0.4 is 5.73 Å². The van der Waals surface area contributed by atoms with Gasteiger partial charge in [-0.2, -0.15) is 0 Å². The number of aromatic nitrogens is 1. The maximum atomic E-state index is 5.56. The van der Waals surface area contributed by atoms with Crippen LogP contribution in [0, 0.1) is 0 Å². The Morgan fingerprint density at radius 3 is 2.86 bits per heavy atom. The van der Waals surface area contributed by atoms with Gasteiger partial charge in [-0.1, -0.05) is 22.0 Å². The number of fused-ring (bicyclic) bond motifs is 1. The Hall–Kier alpha value is -0.800. The first-order valence-corrected chi connectivity index (χ1v) is 5.46. The molecule has 14 heavy (non-hydrogen) atoms. The molecule has 0 unspecified atom stereocenters. The Morgan fingerprint density at radius 1 is 1.43 bits per heavy atom. The Kier molecular flexibility index (Phi) is 2.61. The SMILES string of the molecule is Cn1c(CCN)cc2c(Br)cccc21. The molecule has 3 heteroatoms. The fourth-order valence-corrected chi connectivity index (χ4v) is 2.24. The van der Waals surface area contributed by atoms with Crippen molar-refractivity contribution in [1.82, 2.24) is 4.57 Å². The number of hydrogen-bond acceptors (Lipinski definition) is 1. The highest BCUT2D eigenvalue weighted by molar-refractivity contribution is 9.10. The average molecular weight is 253 g/mol. The van der Waals surface area contributed by atoms with E-state index in [0.29, 0.717) is 6.54 Å². The van der Waals surface area contributed by atoms with Gasteiger partial charge in [0, 0.05) is 28.1 Å². The Morgan fingerprint density at radius 2 is 2.21 bits per heavy atom. The molecule has 2 aromatic rings. The Bertz CT molecular complexity index is 460. The second-order valence-corrected chi connectivity index (χ2v) is 4.26. The molecule has 0 radical (unpaired) electrons. The molecular weight excluding hydrogens is 240 g/mol. The molecule has 2 rings (SSSR count). The topological polar surface area (TPSA) is 30.9 Å². The summed E-state index contributed by atoms with van der Waals surface area (Å²) in [5.74, 6) is 0. The number of nitrogens with zero attached hydrogens (tertiary/aromatic N) is 1. The van der Waals surface area contributed by atoms with E-state index in [1.54, 1.807) is 0 Å². The van der Waals surface area contributed by atoms with E-state index in [-0.39, 0.29) is 0 Å². The molecule has 2 nitrogen and oxygen atoms in total. The number of hydrogen-bond donors (Lipinski definition) is 1. The minimum absolute atomic E-state index is 0.696. The third-order valence-corrected chi connectivity index (χ3v) is 3.23. The van der Waals surface area contributed by atoms with Crippen LogP contribution in [-0.4, -0.2) is 11.1 Å². The van der Waals surface area contributed by atoms with Gasteiger partial charge in [-0.25, -0.2) is 0 Å². The fourth-order valence-electron chi connectivity index (χ4n) is 1.77. The van der Waals surface area contributed by atoms with E-state index in [1.165, 1.54) is 16.6 Å². The van der Waals surface area contributed by atoms with Crippen molar-refractivity contribution in [3.8, 4) is 0 Å². The highest BCUT2D eigenvalue weighted by atomic mass is 79.9. The quantitative estimate of drug-likeness (QED) is 0.875. The summed E-state index contributed by atoms with van der Waals surface area (Å²) in [5, 5.41) is 1.26. The van der Waals surface area contributed by atoms with Gasteiger partial charge in [0.2, 0.25) is 0 Å². The number of aryl methyl sites for hydroxylation is 1. The largest absolute Gasteiger partial charge is 0.348 e. The fraction of sp³-hybridized carbons (Fsp3) is 0.273. The zero-order valence-corrected chi connectivity index (χ0v) is 9.71. The van der Waals surface area contributed by atoms with Gasteiger partial charge in [0.15, 0.2) is 0 Å². The number of benzene rings is 1. The van der Waals surface area contributed by atoms with Crippen LogP contribution in [0.15, 0.2) is 28.7 Å². The number of halogens is 1. The van der Waals surface area contributed by atoms with Crippen molar-refractivity contribution in [3.63, 3.8) is 0 Å². The number of nitrogens with two attached hydrogens (primary N) is 1. The molecule has 0 aliphatic carbocycles. The summed E-state index contributed by atoms with van der Waals surface area (Å²) >= 11 is 3.55. The van der Waals surface area contributed by atoms with E-state index < -0.39 is 0 Å². The van der Waals surface area contributed by atoms with Crippen molar-refractivity contribution in [2.45, 2.75) is 6.42 Å². The Labute approximate surface area is 91.8 Å². The van der Waals surface area contributed by atoms with E-state index in [4.69, 9.17) is 5.73 Å². The highest BCUT2D eigenvalue weighted by Crippen LogP contribution is 2.26. The number of rotatable bonds is 2. The molecule has 0 atom stereocenters. The smallest absolute Gasteiger partial charge is 0.0491 e. The van der Waals surface area contributed by atoms with E-state index in [9.17, 15) is 0 Å². The van der Waals surface area contributed by atoms with Crippen molar-refractivity contribution in [3.05, 3.63) is 34.4 Å². The van der Waals surface area contributed by atoms with Crippen LogP contribution in [0.2, 0.25) is 0 Å². The first-order chi connectivity index (χ1) is 6.74. The lowest BCUT2D eigenvalue weighted by Gasteiger charge is -2.01. The minimum atomic E-state index is 0.696. The monoisotopic (exact) mass is 252 g/mol. The lowest BCUT2D eigenvalue weighted by molar-refractivity contribution is 0.827. The average Bonchev–Trinajstić information content (AvgIpc) is 2.48. The van der Waals surface area contributed by atoms with Crippen LogP contribution in [0.1, 0.15) is 5.69 Å². The van der Waals surface area contributed by atoms with Crippen LogP contribution >= 0.6 is 15.9 Å². The van der Waals surface area contributed by atoms with Crippen LogP contribution in [0.3, 0.4) is 0 Å². The van der Waals surface area contributed by atoms with E-state index in [1.807, 2.05) is 0 Å². The molecule has 2 N–H and O–H groups in total. The summed E-state index contributed by atoms with van der Waals surface area (Å²) in [4.78, 5) is 0. The van der Waals surface area contributed by atoms with Crippen molar-refractivity contribution in [1.29, 1.82) is 0 Å². The maximum absolute atomic E-state index is 5.56. The second kappa shape index (κ2) is 3.75. The van der Waals surface area contributed by atoms with E-state index in [0.717, 1.165) is 10.9 Å². The summed E-state index contributed by atoms with van der Waals surface area (Å²) in [7, 11) is 2.08. The molecule has 0 aliphatic rings. The second-order valence-electron chi connectivity index (χ2n) is 3.41. The first kappa shape index (κ1) is 9.74. The third kappa shape index (κ3) is 1.47. The predicted molar refractivity (Wildman–Crippen MR) is 63.4 cm³/mol. The minimum Gasteiger partial charge on any atom is -0.348 e. The van der Waals surface area contributed by atoms with E-state index in [2.05, 4.69) is 51.8 Å². The Balaban J connectivity index is 2.67. The van der Waals surface area contributed by atoms with Gasteiger partial charge in [-0.15, -0.1) is 0 Å².